The summed E-state index contributed by atoms with van der Waals surface area (Å²) in [6.45, 7) is 3.00. The highest BCUT2D eigenvalue weighted by Gasteiger charge is 2.22. The van der Waals surface area contributed by atoms with Gasteiger partial charge >= 0.3 is 0 Å². The lowest BCUT2D eigenvalue weighted by molar-refractivity contribution is -0.129. The Hall–Kier alpha value is -3.03. The zero-order valence-electron chi connectivity index (χ0n) is 15.0. The van der Waals surface area contributed by atoms with Crippen LogP contribution in [-0.2, 0) is 4.79 Å². The van der Waals surface area contributed by atoms with Crippen LogP contribution in [0.5, 0.6) is 11.5 Å². The number of nitrogens with zero attached hydrogens (tertiary/aromatic N) is 4. The van der Waals surface area contributed by atoms with Crippen LogP contribution in [0.4, 0.5) is 11.6 Å². The predicted molar refractivity (Wildman–Crippen MR) is 98.9 cm³/mol. The van der Waals surface area contributed by atoms with Gasteiger partial charge in [0.25, 0.3) is 0 Å². The quantitative estimate of drug-likeness (QED) is 0.833. The van der Waals surface area contributed by atoms with Crippen molar-refractivity contribution in [3.8, 4) is 11.5 Å². The van der Waals surface area contributed by atoms with Crippen molar-refractivity contribution in [3.05, 3.63) is 36.7 Å². The first-order chi connectivity index (χ1) is 12.7. The fraction of sp³-hybridized carbons (Fsp3) is 0.389. The molecular formula is C18H23N5O3. The first-order valence-electron chi connectivity index (χ1n) is 8.47. The maximum absolute atomic E-state index is 12.4. The first-order valence-corrected chi connectivity index (χ1v) is 8.47. The Morgan fingerprint density at radius 1 is 1.08 bits per heavy atom. The molecule has 2 heterocycles. The van der Waals surface area contributed by atoms with Crippen molar-refractivity contribution in [3.63, 3.8) is 0 Å². The third kappa shape index (κ3) is 4.14. The fourth-order valence-electron chi connectivity index (χ4n) is 2.85. The molecule has 138 valence electrons. The molecule has 26 heavy (non-hydrogen) atoms. The average Bonchev–Trinajstić information content (AvgIpc) is 2.72. The lowest BCUT2D eigenvalue weighted by atomic mass is 10.2. The van der Waals surface area contributed by atoms with Crippen LogP contribution in [0.25, 0.3) is 0 Å². The molecule has 8 nitrogen and oxygen atoms in total. The molecule has 1 aliphatic rings. The number of hydrogen-bond acceptors (Lipinski definition) is 7. The summed E-state index contributed by atoms with van der Waals surface area (Å²) in [4.78, 5) is 24.9. The molecule has 1 fully saturated rings. The number of benzene rings is 1. The van der Waals surface area contributed by atoms with Gasteiger partial charge in [-0.2, -0.15) is 0 Å². The van der Waals surface area contributed by atoms with Crippen molar-refractivity contribution in [2.75, 3.05) is 57.2 Å². The van der Waals surface area contributed by atoms with E-state index in [4.69, 9.17) is 9.47 Å². The molecule has 0 atom stereocenters. The van der Waals surface area contributed by atoms with E-state index in [0.717, 1.165) is 18.8 Å². The summed E-state index contributed by atoms with van der Waals surface area (Å²) in [6, 6.07) is 7.28. The molecule has 3 rings (SSSR count). The highest BCUT2D eigenvalue weighted by Crippen LogP contribution is 2.29. The maximum atomic E-state index is 12.4. The number of ether oxygens (including phenoxy) is 2. The number of amides is 1. The standard InChI is InChI=1S/C18H23N5O3/c1-25-15-5-4-14(12-16(15)26-2)21-13-17(24)22-8-10-23(11-9-22)18-19-6-3-7-20-18/h3-7,12,21H,8-11,13H2,1-2H3. The van der Waals surface area contributed by atoms with E-state index in [0.29, 0.717) is 30.5 Å². The van der Waals surface area contributed by atoms with Crippen LogP contribution < -0.4 is 19.7 Å². The van der Waals surface area contributed by atoms with E-state index in [2.05, 4.69) is 20.2 Å². The lowest BCUT2D eigenvalue weighted by Gasteiger charge is -2.34. The molecule has 1 amide bonds. The Bertz CT molecular complexity index is 733. The van der Waals surface area contributed by atoms with Crippen molar-refractivity contribution >= 4 is 17.5 Å². The molecule has 1 aliphatic heterocycles. The van der Waals surface area contributed by atoms with Crippen LogP contribution in [0.2, 0.25) is 0 Å². The molecule has 2 aromatic rings. The fourth-order valence-corrected chi connectivity index (χ4v) is 2.85. The van der Waals surface area contributed by atoms with E-state index in [1.54, 1.807) is 32.7 Å². The van der Waals surface area contributed by atoms with Gasteiger partial charge in [-0.15, -0.1) is 0 Å². The van der Waals surface area contributed by atoms with Gasteiger partial charge in [0.15, 0.2) is 11.5 Å². The minimum Gasteiger partial charge on any atom is -0.493 e. The zero-order chi connectivity index (χ0) is 18.4. The van der Waals surface area contributed by atoms with Crippen LogP contribution in [-0.4, -0.2) is 67.7 Å². The molecule has 1 N–H and O–H groups in total. The Balaban J connectivity index is 1.50. The van der Waals surface area contributed by atoms with Gasteiger partial charge in [0.05, 0.1) is 20.8 Å². The van der Waals surface area contributed by atoms with E-state index in [-0.39, 0.29) is 12.5 Å². The van der Waals surface area contributed by atoms with Crippen molar-refractivity contribution in [2.24, 2.45) is 0 Å². The normalized spacial score (nSPS) is 14.1. The molecule has 8 heteroatoms. The van der Waals surface area contributed by atoms with Gasteiger partial charge in [-0.3, -0.25) is 4.79 Å². The second-order valence-electron chi connectivity index (χ2n) is 5.84. The molecule has 0 unspecified atom stereocenters. The summed E-state index contributed by atoms with van der Waals surface area (Å²) in [5, 5.41) is 3.15. The zero-order valence-corrected chi connectivity index (χ0v) is 15.0. The van der Waals surface area contributed by atoms with Crippen LogP contribution >= 0.6 is 0 Å². The molecule has 0 aliphatic carbocycles. The maximum Gasteiger partial charge on any atom is 0.241 e. The SMILES string of the molecule is COc1ccc(NCC(=O)N2CCN(c3ncccn3)CC2)cc1OC. The predicted octanol–water partition coefficient (Wildman–Crippen LogP) is 1.25. The minimum absolute atomic E-state index is 0.0633. The number of methoxy groups -OCH3 is 2. The number of piperazine rings is 1. The van der Waals surface area contributed by atoms with Gasteiger partial charge in [0, 0.05) is 50.3 Å². The lowest BCUT2D eigenvalue weighted by Crippen LogP contribution is -2.50. The second-order valence-corrected chi connectivity index (χ2v) is 5.84. The van der Waals surface area contributed by atoms with Crippen LogP contribution in [0.3, 0.4) is 0 Å². The van der Waals surface area contributed by atoms with E-state index < -0.39 is 0 Å². The average molecular weight is 357 g/mol. The van der Waals surface area contributed by atoms with E-state index >= 15 is 0 Å². The molecule has 0 bridgehead atoms. The smallest absolute Gasteiger partial charge is 0.241 e. The molecule has 0 radical (unpaired) electrons. The highest BCUT2D eigenvalue weighted by atomic mass is 16.5. The first kappa shape index (κ1) is 17.8. The van der Waals surface area contributed by atoms with Crippen molar-refractivity contribution in [2.45, 2.75) is 0 Å². The van der Waals surface area contributed by atoms with Crippen molar-refractivity contribution < 1.29 is 14.3 Å². The monoisotopic (exact) mass is 357 g/mol. The summed E-state index contributed by atoms with van der Waals surface area (Å²) in [7, 11) is 3.18. The topological polar surface area (TPSA) is 79.8 Å². The molecule has 1 aromatic heterocycles. The summed E-state index contributed by atoms with van der Waals surface area (Å²) >= 11 is 0. The summed E-state index contributed by atoms with van der Waals surface area (Å²) in [5.74, 6) is 2.06. The third-order valence-corrected chi connectivity index (χ3v) is 4.29. The number of carbonyl (C=O) groups excluding carboxylic acids is 1. The summed E-state index contributed by atoms with van der Waals surface area (Å²) in [5.41, 5.74) is 0.812. The molecule has 0 spiro atoms. The Morgan fingerprint density at radius 3 is 2.42 bits per heavy atom. The highest BCUT2D eigenvalue weighted by molar-refractivity contribution is 5.81. The third-order valence-electron chi connectivity index (χ3n) is 4.29. The van der Waals surface area contributed by atoms with Gasteiger partial charge in [-0.05, 0) is 18.2 Å². The van der Waals surface area contributed by atoms with Gasteiger partial charge in [0.2, 0.25) is 11.9 Å². The largest absolute Gasteiger partial charge is 0.493 e. The number of aromatic nitrogens is 2. The number of hydrogen-bond donors (Lipinski definition) is 1. The van der Waals surface area contributed by atoms with Gasteiger partial charge < -0.3 is 24.6 Å². The van der Waals surface area contributed by atoms with Crippen LogP contribution in [0.1, 0.15) is 0 Å². The second kappa shape index (κ2) is 8.37. The Morgan fingerprint density at radius 2 is 1.77 bits per heavy atom. The number of rotatable bonds is 6. The van der Waals surface area contributed by atoms with E-state index in [1.807, 2.05) is 23.1 Å². The number of nitrogens with one attached hydrogen (secondary N) is 1. The molecular weight excluding hydrogens is 334 g/mol. The molecule has 1 saturated heterocycles. The van der Waals surface area contributed by atoms with Crippen molar-refractivity contribution in [1.29, 1.82) is 0 Å². The molecule has 0 saturated carbocycles. The van der Waals surface area contributed by atoms with Crippen LogP contribution in [0, 0.1) is 0 Å². The minimum atomic E-state index is 0.0633. The number of carbonyl (C=O) groups is 1. The number of anilines is 2. The van der Waals surface area contributed by atoms with Crippen LogP contribution in [0.15, 0.2) is 36.7 Å². The Labute approximate surface area is 152 Å². The molecule has 1 aromatic carbocycles. The van der Waals surface area contributed by atoms with Gasteiger partial charge in [-0.1, -0.05) is 0 Å². The van der Waals surface area contributed by atoms with E-state index in [1.165, 1.54) is 0 Å². The van der Waals surface area contributed by atoms with Crippen molar-refractivity contribution in [1.82, 2.24) is 14.9 Å². The Kier molecular flexibility index (Phi) is 5.73. The summed E-state index contributed by atoms with van der Waals surface area (Å²) < 4.78 is 10.5. The summed E-state index contributed by atoms with van der Waals surface area (Å²) in [6.07, 6.45) is 3.46. The van der Waals surface area contributed by atoms with E-state index in [9.17, 15) is 4.79 Å². The van der Waals surface area contributed by atoms with Gasteiger partial charge in [0.1, 0.15) is 0 Å². The van der Waals surface area contributed by atoms with Gasteiger partial charge in [-0.25, -0.2) is 9.97 Å².